The van der Waals surface area contributed by atoms with Gasteiger partial charge in [0.15, 0.2) is 0 Å². The molecule has 0 saturated heterocycles. The smallest absolute Gasteiger partial charge is 0.127 e. The molecule has 3 unspecified atom stereocenters. The molecule has 0 bridgehead atoms. The summed E-state index contributed by atoms with van der Waals surface area (Å²) in [5.41, 5.74) is 28.7. The van der Waals surface area contributed by atoms with Gasteiger partial charge in [0.05, 0.1) is 5.41 Å². The van der Waals surface area contributed by atoms with Gasteiger partial charge in [0.1, 0.15) is 11.5 Å². The first-order chi connectivity index (χ1) is 40.0. The van der Waals surface area contributed by atoms with Gasteiger partial charge in [-0.1, -0.05) is 227 Å². The minimum absolute atomic E-state index is 0.156. The van der Waals surface area contributed by atoms with Crippen molar-refractivity contribution in [3.63, 3.8) is 0 Å². The van der Waals surface area contributed by atoms with E-state index in [1.807, 2.05) is 0 Å². The Morgan fingerprint density at radius 3 is 1.57 bits per heavy atom. The SMILES string of the molecule is CCC(CC(C)c1ccc(Oc2ccc(C3(c4cc(C)cc(C)c4)c4ccccc4-c4ccc(N(c5ccc(-c6ccccc6)cc5)c5ccc6c(c5)C(C)(C)c5ccccc5-6)cc43)cc2)cc1)c1ccc(-c2ccc3c(c2)CC3)cc1. The van der Waals surface area contributed by atoms with Crippen molar-refractivity contribution in [2.45, 2.75) is 89.9 Å². The summed E-state index contributed by atoms with van der Waals surface area (Å²) >= 11 is 0. The molecule has 0 fully saturated rings. The van der Waals surface area contributed by atoms with E-state index in [0.29, 0.717) is 11.8 Å². The molecule has 3 atom stereocenters. The summed E-state index contributed by atoms with van der Waals surface area (Å²) in [4.78, 5) is 2.47. The highest BCUT2D eigenvalue weighted by molar-refractivity contribution is 5.91. The Labute approximate surface area is 485 Å². The second-order valence-electron chi connectivity index (χ2n) is 24.1. The van der Waals surface area contributed by atoms with E-state index in [9.17, 15) is 0 Å². The van der Waals surface area contributed by atoms with Crippen LogP contribution in [0.3, 0.4) is 0 Å². The first-order valence-corrected chi connectivity index (χ1v) is 29.7. The average Bonchev–Trinajstić information content (AvgIpc) is 2.14. The zero-order valence-electron chi connectivity index (χ0n) is 48.0. The van der Waals surface area contributed by atoms with Crippen molar-refractivity contribution in [2.24, 2.45) is 0 Å². The normalized spacial score (nSPS) is 15.7. The predicted molar refractivity (Wildman–Crippen MR) is 343 cm³/mol. The summed E-state index contributed by atoms with van der Waals surface area (Å²) in [7, 11) is 0. The molecule has 2 heteroatoms. The standard InChI is InChI=1S/C80H69NO/c1-7-55(58-21-23-60(24-22-58)62-27-25-61-26-28-63(61)49-62)48-54(4)56-31-39-69(40-32-56)82-70-41-33-64(34-42-70)80(65-46-52(2)45-53(3)47-65)76-20-14-12-18-72(76)74-44-38-68(51-78(74)80)81(66-35-29-59(30-36-66)57-15-9-8-10-16-57)67-37-43-73-71-17-11-13-19-75(71)79(5,6)77(73)50-67/h8-25,27,29-47,49-51,54-55H,7,26,28,48H2,1-6H3. The third-order valence-corrected chi connectivity index (χ3v) is 18.7. The van der Waals surface area contributed by atoms with Crippen molar-refractivity contribution in [3.05, 3.63) is 315 Å². The molecule has 400 valence electrons. The summed E-state index contributed by atoms with van der Waals surface area (Å²) < 4.78 is 6.73. The van der Waals surface area contributed by atoms with E-state index in [4.69, 9.17) is 4.74 Å². The van der Waals surface area contributed by atoms with Crippen LogP contribution in [0.4, 0.5) is 17.1 Å². The van der Waals surface area contributed by atoms with Crippen molar-refractivity contribution in [3.8, 4) is 56.0 Å². The Kier molecular flexibility index (Phi) is 12.8. The molecule has 0 amide bonds. The van der Waals surface area contributed by atoms with Crippen LogP contribution in [0.2, 0.25) is 0 Å². The molecule has 2 nitrogen and oxygen atoms in total. The van der Waals surface area contributed by atoms with Crippen LogP contribution in [0.15, 0.2) is 249 Å². The van der Waals surface area contributed by atoms with E-state index < -0.39 is 5.41 Å². The number of anilines is 3. The Morgan fingerprint density at radius 1 is 0.415 bits per heavy atom. The Hall–Kier alpha value is -8.98. The third kappa shape index (κ3) is 8.79. The van der Waals surface area contributed by atoms with Gasteiger partial charge in [-0.2, -0.15) is 0 Å². The second-order valence-corrected chi connectivity index (χ2v) is 24.1. The molecule has 0 radical (unpaired) electrons. The van der Waals surface area contributed by atoms with E-state index in [2.05, 4.69) is 295 Å². The summed E-state index contributed by atoms with van der Waals surface area (Å²) in [6.07, 6.45) is 4.63. The first kappa shape index (κ1) is 51.2. The number of benzene rings is 11. The van der Waals surface area contributed by atoms with E-state index in [1.54, 1.807) is 0 Å². The lowest BCUT2D eigenvalue weighted by atomic mass is 9.67. The van der Waals surface area contributed by atoms with Crippen LogP contribution >= 0.6 is 0 Å². The minimum Gasteiger partial charge on any atom is -0.457 e. The van der Waals surface area contributed by atoms with Crippen LogP contribution < -0.4 is 9.64 Å². The van der Waals surface area contributed by atoms with Crippen molar-refractivity contribution in [2.75, 3.05) is 4.90 Å². The number of rotatable bonds is 14. The second kappa shape index (κ2) is 20.5. The van der Waals surface area contributed by atoms with Crippen molar-refractivity contribution in [1.82, 2.24) is 0 Å². The number of hydrogen-bond donors (Lipinski definition) is 0. The number of aryl methyl sites for hydroxylation is 4. The van der Waals surface area contributed by atoms with Crippen LogP contribution in [0.5, 0.6) is 11.5 Å². The number of ether oxygens (including phenoxy) is 1. The number of hydrogen-bond acceptors (Lipinski definition) is 2. The van der Waals surface area contributed by atoms with E-state index in [0.717, 1.165) is 41.4 Å². The highest BCUT2D eigenvalue weighted by Crippen LogP contribution is 2.58. The van der Waals surface area contributed by atoms with Crippen molar-refractivity contribution < 1.29 is 4.74 Å². The fourth-order valence-corrected chi connectivity index (χ4v) is 14.3. The lowest BCUT2D eigenvalue weighted by Crippen LogP contribution is -2.29. The summed E-state index contributed by atoms with van der Waals surface area (Å²) in [5, 5.41) is 0. The van der Waals surface area contributed by atoms with Gasteiger partial charge in [0.2, 0.25) is 0 Å². The molecule has 0 N–H and O–H groups in total. The molecule has 82 heavy (non-hydrogen) atoms. The molecule has 11 aromatic rings. The van der Waals surface area contributed by atoms with Gasteiger partial charge in [-0.3, -0.25) is 0 Å². The van der Waals surface area contributed by atoms with Crippen LogP contribution in [-0.4, -0.2) is 0 Å². The van der Waals surface area contributed by atoms with E-state index in [1.165, 1.54) is 124 Å². The molecule has 0 saturated carbocycles. The highest BCUT2D eigenvalue weighted by atomic mass is 16.5. The van der Waals surface area contributed by atoms with Crippen molar-refractivity contribution in [1.29, 1.82) is 0 Å². The molecule has 0 spiro atoms. The summed E-state index contributed by atoms with van der Waals surface area (Å²) in [6.45, 7) is 13.9. The van der Waals surface area contributed by atoms with Gasteiger partial charge >= 0.3 is 0 Å². The van der Waals surface area contributed by atoms with Gasteiger partial charge in [-0.15, -0.1) is 0 Å². The van der Waals surface area contributed by atoms with Crippen LogP contribution in [-0.2, 0) is 23.7 Å². The highest BCUT2D eigenvalue weighted by Gasteiger charge is 2.47. The molecule has 0 aromatic heterocycles. The zero-order chi connectivity index (χ0) is 55.7. The maximum Gasteiger partial charge on any atom is 0.127 e. The van der Waals surface area contributed by atoms with Gasteiger partial charge in [-0.05, 0) is 212 Å². The van der Waals surface area contributed by atoms with E-state index in [-0.39, 0.29) is 5.41 Å². The summed E-state index contributed by atoms with van der Waals surface area (Å²) in [5.74, 6) is 2.53. The maximum atomic E-state index is 6.73. The lowest BCUT2D eigenvalue weighted by molar-refractivity contribution is 0.481. The molecule has 14 rings (SSSR count). The Morgan fingerprint density at radius 2 is 0.927 bits per heavy atom. The largest absolute Gasteiger partial charge is 0.457 e. The Balaban J connectivity index is 0.805. The number of fused-ring (bicyclic) bond motifs is 7. The van der Waals surface area contributed by atoms with Gasteiger partial charge in [0, 0.05) is 22.5 Å². The third-order valence-electron chi connectivity index (χ3n) is 18.7. The Bertz CT molecular complexity index is 4170. The molecule has 3 aliphatic carbocycles. The molecule has 11 aromatic carbocycles. The molecule has 0 aliphatic heterocycles. The summed E-state index contributed by atoms with van der Waals surface area (Å²) in [6, 6.07) is 93.4. The quantitative estimate of drug-likeness (QED) is 0.108. The zero-order valence-corrected chi connectivity index (χ0v) is 48.0. The van der Waals surface area contributed by atoms with Crippen LogP contribution in [0, 0.1) is 13.8 Å². The first-order valence-electron chi connectivity index (χ1n) is 29.7. The molecular weight excluding hydrogens is 991 g/mol. The van der Waals surface area contributed by atoms with Crippen LogP contribution in [0.25, 0.3) is 44.5 Å². The fraction of sp³-hybridized carbons (Fsp3) is 0.175. The predicted octanol–water partition coefficient (Wildman–Crippen LogP) is 21.4. The average molecular weight is 1060 g/mol. The van der Waals surface area contributed by atoms with Gasteiger partial charge < -0.3 is 9.64 Å². The molecule has 3 aliphatic rings. The monoisotopic (exact) mass is 1060 g/mol. The van der Waals surface area contributed by atoms with Gasteiger partial charge in [0.25, 0.3) is 0 Å². The van der Waals surface area contributed by atoms with Gasteiger partial charge in [-0.25, -0.2) is 0 Å². The lowest BCUT2D eigenvalue weighted by Gasteiger charge is -2.35. The topological polar surface area (TPSA) is 12.5 Å². The molecular formula is C80H69NO. The number of nitrogens with zero attached hydrogens (tertiary/aromatic N) is 1. The fourth-order valence-electron chi connectivity index (χ4n) is 14.3. The van der Waals surface area contributed by atoms with E-state index >= 15 is 0 Å². The maximum absolute atomic E-state index is 6.73. The van der Waals surface area contributed by atoms with Crippen LogP contribution in [0.1, 0.15) is 119 Å². The van der Waals surface area contributed by atoms with Crippen molar-refractivity contribution >= 4 is 17.1 Å². The minimum atomic E-state index is -0.639. The molecule has 0 heterocycles.